The summed E-state index contributed by atoms with van der Waals surface area (Å²) in [5, 5.41) is 16.3. The molecule has 0 amide bonds. The summed E-state index contributed by atoms with van der Waals surface area (Å²) < 4.78 is 11.3. The number of aromatic nitrogens is 4. The molecule has 310 valence electrons. The van der Waals surface area contributed by atoms with Crippen molar-refractivity contribution in [3.8, 4) is 39.9 Å². The van der Waals surface area contributed by atoms with E-state index in [1.807, 2.05) is 35.6 Å². The van der Waals surface area contributed by atoms with E-state index in [0.29, 0.717) is 17.5 Å². The molecule has 0 N–H and O–H groups in total. The zero-order valence-corrected chi connectivity index (χ0v) is 36.6. The van der Waals surface area contributed by atoms with Gasteiger partial charge in [-0.2, -0.15) is 0 Å². The molecule has 0 bridgehead atoms. The molecule has 15 aromatic rings. The van der Waals surface area contributed by atoms with E-state index in [2.05, 4.69) is 187 Å². The molecular weight excluding hydrogens is 837 g/mol. The van der Waals surface area contributed by atoms with Crippen LogP contribution in [0.4, 0.5) is 0 Å². The van der Waals surface area contributed by atoms with Crippen molar-refractivity contribution in [2.75, 3.05) is 0 Å². The van der Waals surface area contributed by atoms with Gasteiger partial charge in [0.25, 0.3) is 0 Å². The monoisotopic (exact) mass is 870 g/mol. The standard InChI is InChI=1S/C61H34N4OS/c1-2-17-39-34-51-48(33-38(39)16-1)54-41-20-7-4-14-36(41)28-31-49(54)65(51)50-32-30-47(56-45-29-27-37-15-5-8-21-42(37)57(45)67-58(50)56)61-63-59(43-23-11-18-35-13-3-6-19-40(35)43)62-60(64-61)46-24-12-26-53-55(46)44-22-9-10-25-52(44)66-53/h1-34H. The predicted molar refractivity (Wildman–Crippen MR) is 281 cm³/mol. The lowest BCUT2D eigenvalue weighted by Gasteiger charge is -2.14. The Morgan fingerprint density at radius 1 is 0.328 bits per heavy atom. The van der Waals surface area contributed by atoms with Crippen LogP contribution in [0.3, 0.4) is 0 Å². The van der Waals surface area contributed by atoms with Crippen LogP contribution in [0.1, 0.15) is 0 Å². The summed E-state index contributed by atoms with van der Waals surface area (Å²) in [5.41, 5.74) is 7.87. The predicted octanol–water partition coefficient (Wildman–Crippen LogP) is 16.8. The summed E-state index contributed by atoms with van der Waals surface area (Å²) in [4.78, 5) is 16.4. The Kier molecular flexibility index (Phi) is 7.59. The maximum absolute atomic E-state index is 6.42. The smallest absolute Gasteiger partial charge is 0.164 e. The fourth-order valence-electron chi connectivity index (χ4n) is 10.8. The molecule has 4 aromatic heterocycles. The summed E-state index contributed by atoms with van der Waals surface area (Å²) in [5.74, 6) is 1.82. The summed E-state index contributed by atoms with van der Waals surface area (Å²) in [7, 11) is 0. The van der Waals surface area contributed by atoms with Gasteiger partial charge in [0.2, 0.25) is 0 Å². The average molecular weight is 871 g/mol. The van der Waals surface area contributed by atoms with Crippen molar-refractivity contribution in [3.05, 3.63) is 206 Å². The van der Waals surface area contributed by atoms with Crippen molar-refractivity contribution in [2.45, 2.75) is 0 Å². The Bertz CT molecular complexity index is 4590. The van der Waals surface area contributed by atoms with Crippen molar-refractivity contribution in [1.82, 2.24) is 19.5 Å². The third-order valence-corrected chi connectivity index (χ3v) is 15.1. The summed E-state index contributed by atoms with van der Waals surface area (Å²) in [6.45, 7) is 0. The van der Waals surface area contributed by atoms with E-state index in [1.54, 1.807) is 0 Å². The molecule has 0 fully saturated rings. The second kappa shape index (κ2) is 13.9. The molecule has 0 radical (unpaired) electrons. The first-order valence-corrected chi connectivity index (χ1v) is 23.4. The fourth-order valence-corrected chi connectivity index (χ4v) is 12.2. The van der Waals surface area contributed by atoms with Crippen molar-refractivity contribution in [1.29, 1.82) is 0 Å². The Balaban J connectivity index is 1.08. The van der Waals surface area contributed by atoms with Crippen LogP contribution in [-0.2, 0) is 0 Å². The van der Waals surface area contributed by atoms with E-state index in [-0.39, 0.29) is 0 Å². The lowest BCUT2D eigenvalue weighted by molar-refractivity contribution is 0.669. The molecule has 0 aliphatic heterocycles. The lowest BCUT2D eigenvalue weighted by Crippen LogP contribution is -2.02. The topological polar surface area (TPSA) is 56.7 Å². The van der Waals surface area contributed by atoms with Crippen molar-refractivity contribution >= 4 is 118 Å². The number of hydrogen-bond acceptors (Lipinski definition) is 5. The van der Waals surface area contributed by atoms with Gasteiger partial charge in [-0.1, -0.05) is 164 Å². The molecule has 0 saturated carbocycles. The first-order chi connectivity index (χ1) is 33.2. The van der Waals surface area contributed by atoms with Crippen LogP contribution in [0.15, 0.2) is 211 Å². The average Bonchev–Trinajstić information content (AvgIpc) is 4.08. The molecular formula is C61H34N4OS. The quantitative estimate of drug-likeness (QED) is 0.177. The third-order valence-electron chi connectivity index (χ3n) is 13.8. The Labute approximate surface area is 386 Å². The van der Waals surface area contributed by atoms with E-state index in [1.165, 1.54) is 68.9 Å². The molecule has 15 rings (SSSR count). The van der Waals surface area contributed by atoms with E-state index in [4.69, 9.17) is 19.4 Å². The van der Waals surface area contributed by atoms with Crippen LogP contribution in [0, 0.1) is 0 Å². The SMILES string of the molecule is c1ccc2cc3c(cc2c1)c1c2ccccc2ccc1n3-c1ccc(-c2nc(-c3cccc4ccccc34)nc(-c3cccc4oc5ccccc5c34)n2)c2c1sc1c3ccccc3ccc12. The molecule has 0 unspecified atom stereocenters. The zero-order chi connectivity index (χ0) is 43.7. The molecule has 6 heteroatoms. The normalized spacial score (nSPS) is 12.2. The fraction of sp³-hybridized carbons (Fsp3) is 0. The highest BCUT2D eigenvalue weighted by molar-refractivity contribution is 7.27. The van der Waals surface area contributed by atoms with Gasteiger partial charge in [0.15, 0.2) is 17.5 Å². The first-order valence-electron chi connectivity index (χ1n) is 22.6. The van der Waals surface area contributed by atoms with Crippen LogP contribution in [0.2, 0.25) is 0 Å². The van der Waals surface area contributed by atoms with Gasteiger partial charge in [-0.3, -0.25) is 0 Å². The highest BCUT2D eigenvalue weighted by Gasteiger charge is 2.25. The van der Waals surface area contributed by atoms with Crippen LogP contribution in [0.5, 0.6) is 0 Å². The molecule has 5 nitrogen and oxygen atoms in total. The van der Waals surface area contributed by atoms with E-state index >= 15 is 0 Å². The van der Waals surface area contributed by atoms with Gasteiger partial charge >= 0.3 is 0 Å². The molecule has 4 heterocycles. The molecule has 11 aromatic carbocycles. The van der Waals surface area contributed by atoms with Crippen LogP contribution in [0.25, 0.3) is 147 Å². The number of hydrogen-bond donors (Lipinski definition) is 0. The highest BCUT2D eigenvalue weighted by atomic mass is 32.1. The van der Waals surface area contributed by atoms with Crippen molar-refractivity contribution in [2.24, 2.45) is 0 Å². The Hall–Kier alpha value is -8.71. The molecule has 0 aliphatic rings. The molecule has 0 spiro atoms. The van der Waals surface area contributed by atoms with Gasteiger partial charge < -0.3 is 8.98 Å². The Morgan fingerprint density at radius 3 is 1.70 bits per heavy atom. The van der Waals surface area contributed by atoms with Gasteiger partial charge in [-0.15, -0.1) is 11.3 Å². The highest BCUT2D eigenvalue weighted by Crippen LogP contribution is 2.48. The van der Waals surface area contributed by atoms with Crippen LogP contribution in [-0.4, -0.2) is 19.5 Å². The largest absolute Gasteiger partial charge is 0.456 e. The maximum Gasteiger partial charge on any atom is 0.164 e. The van der Waals surface area contributed by atoms with E-state index < -0.39 is 0 Å². The van der Waals surface area contributed by atoms with E-state index in [9.17, 15) is 0 Å². The Morgan fingerprint density at radius 2 is 0.896 bits per heavy atom. The van der Waals surface area contributed by atoms with Gasteiger partial charge in [-0.25, -0.2) is 15.0 Å². The van der Waals surface area contributed by atoms with Crippen LogP contribution >= 0.6 is 11.3 Å². The number of para-hydroxylation sites is 1. The summed E-state index contributed by atoms with van der Waals surface area (Å²) in [6, 6.07) is 73.8. The zero-order valence-electron chi connectivity index (χ0n) is 35.7. The lowest BCUT2D eigenvalue weighted by atomic mass is 10.0. The maximum atomic E-state index is 6.42. The summed E-state index contributed by atoms with van der Waals surface area (Å²) >= 11 is 1.85. The third kappa shape index (κ3) is 5.33. The molecule has 0 aliphatic carbocycles. The number of rotatable bonds is 4. The van der Waals surface area contributed by atoms with Gasteiger partial charge in [-0.05, 0) is 85.6 Å². The molecule has 67 heavy (non-hydrogen) atoms. The number of benzene rings is 11. The minimum atomic E-state index is 0.591. The molecule has 0 saturated heterocycles. The molecule has 0 atom stereocenters. The van der Waals surface area contributed by atoms with Gasteiger partial charge in [0.05, 0.1) is 21.4 Å². The minimum Gasteiger partial charge on any atom is -0.456 e. The van der Waals surface area contributed by atoms with Crippen molar-refractivity contribution < 1.29 is 4.42 Å². The van der Waals surface area contributed by atoms with Gasteiger partial charge in [0, 0.05) is 53.7 Å². The number of nitrogens with zero attached hydrogens (tertiary/aromatic N) is 4. The van der Waals surface area contributed by atoms with Gasteiger partial charge in [0.1, 0.15) is 11.2 Å². The number of thiophene rings is 1. The minimum absolute atomic E-state index is 0.591. The van der Waals surface area contributed by atoms with E-state index in [0.717, 1.165) is 60.5 Å². The van der Waals surface area contributed by atoms with Crippen molar-refractivity contribution in [3.63, 3.8) is 0 Å². The number of furan rings is 1. The summed E-state index contributed by atoms with van der Waals surface area (Å²) in [6.07, 6.45) is 0. The second-order valence-electron chi connectivity index (χ2n) is 17.4. The van der Waals surface area contributed by atoms with Crippen LogP contribution < -0.4 is 0 Å². The number of fused-ring (bicyclic) bond motifs is 15. The first kappa shape index (κ1) is 36.6. The second-order valence-corrected chi connectivity index (χ2v) is 18.5.